The first-order valence-corrected chi connectivity index (χ1v) is 5.99. The van der Waals surface area contributed by atoms with Crippen molar-refractivity contribution in [2.24, 2.45) is 11.8 Å². The molecule has 0 nitrogen and oxygen atoms in total. The molecule has 0 saturated heterocycles. The summed E-state index contributed by atoms with van der Waals surface area (Å²) in [5.41, 5.74) is 0. The van der Waals surface area contributed by atoms with Gasteiger partial charge in [-0.3, -0.25) is 0 Å². The van der Waals surface area contributed by atoms with Gasteiger partial charge >= 0.3 is 0 Å². The maximum atomic E-state index is 2.33. The monoisotopic (exact) mass is 188 g/mol. The van der Waals surface area contributed by atoms with Crippen LogP contribution in [0.25, 0.3) is 0 Å². The van der Waals surface area contributed by atoms with Gasteiger partial charge in [-0.2, -0.15) is 11.8 Å². The van der Waals surface area contributed by atoms with E-state index in [9.17, 15) is 0 Å². The van der Waals surface area contributed by atoms with E-state index in [4.69, 9.17) is 0 Å². The van der Waals surface area contributed by atoms with Crippen LogP contribution in [0.15, 0.2) is 0 Å². The second-order valence-corrected chi connectivity index (χ2v) is 6.68. The fraction of sp³-hybridized carbons (Fsp3) is 1.00. The predicted octanol–water partition coefficient (Wildman–Crippen LogP) is 4.20. The van der Waals surface area contributed by atoms with Gasteiger partial charge in [-0.15, -0.1) is 0 Å². The molecule has 1 atom stereocenters. The van der Waals surface area contributed by atoms with E-state index < -0.39 is 0 Å². The fourth-order valence-electron chi connectivity index (χ4n) is 1.14. The van der Waals surface area contributed by atoms with Crippen molar-refractivity contribution in [1.29, 1.82) is 0 Å². The molecule has 0 aliphatic rings. The Morgan fingerprint density at radius 2 is 1.67 bits per heavy atom. The summed E-state index contributed by atoms with van der Waals surface area (Å²) in [6.07, 6.45) is 1.32. The molecule has 0 saturated carbocycles. The minimum atomic E-state index is 0.433. The summed E-state index contributed by atoms with van der Waals surface area (Å²) in [4.78, 5) is 0. The van der Waals surface area contributed by atoms with E-state index in [1.165, 1.54) is 12.2 Å². The minimum Gasteiger partial charge on any atom is -0.156 e. The number of hydrogen-bond acceptors (Lipinski definition) is 1. The van der Waals surface area contributed by atoms with E-state index in [1.54, 1.807) is 0 Å². The third-order valence-corrected chi connectivity index (χ3v) is 3.66. The highest BCUT2D eigenvalue weighted by atomic mass is 32.2. The highest BCUT2D eigenvalue weighted by Gasteiger charge is 2.16. The van der Waals surface area contributed by atoms with Gasteiger partial charge in [-0.25, -0.2) is 0 Å². The lowest BCUT2D eigenvalue weighted by Crippen LogP contribution is -2.16. The summed E-state index contributed by atoms with van der Waals surface area (Å²) in [5.74, 6) is 3.05. The van der Waals surface area contributed by atoms with Crippen LogP contribution in [-0.4, -0.2) is 10.5 Å². The van der Waals surface area contributed by atoms with Gasteiger partial charge in [-0.1, -0.05) is 48.0 Å². The molecular formula is C11H24S. The highest BCUT2D eigenvalue weighted by molar-refractivity contribution is 8.00. The van der Waals surface area contributed by atoms with Crippen LogP contribution in [0, 0.1) is 11.8 Å². The predicted molar refractivity (Wildman–Crippen MR) is 60.8 cm³/mol. The quantitative estimate of drug-likeness (QED) is 0.637. The van der Waals surface area contributed by atoms with E-state index in [0.29, 0.717) is 4.75 Å². The molecule has 12 heavy (non-hydrogen) atoms. The Balaban J connectivity index is 3.73. The molecule has 0 spiro atoms. The topological polar surface area (TPSA) is 0 Å². The molecule has 0 aliphatic carbocycles. The Labute approximate surface area is 82.5 Å². The van der Waals surface area contributed by atoms with E-state index >= 15 is 0 Å². The van der Waals surface area contributed by atoms with E-state index in [0.717, 1.165) is 11.8 Å². The lowest BCUT2D eigenvalue weighted by Gasteiger charge is -2.24. The molecule has 0 fully saturated rings. The highest BCUT2D eigenvalue weighted by Crippen LogP contribution is 2.29. The largest absolute Gasteiger partial charge is 0.156 e. The molecule has 0 aliphatic heterocycles. The van der Waals surface area contributed by atoms with Gasteiger partial charge in [0.2, 0.25) is 0 Å². The minimum absolute atomic E-state index is 0.433. The first kappa shape index (κ1) is 12.3. The van der Waals surface area contributed by atoms with Crippen LogP contribution in [0.1, 0.15) is 48.0 Å². The molecule has 0 amide bonds. The normalized spacial score (nSPS) is 15.2. The van der Waals surface area contributed by atoms with Crippen molar-refractivity contribution in [1.82, 2.24) is 0 Å². The maximum Gasteiger partial charge on any atom is 0.00752 e. The van der Waals surface area contributed by atoms with Crippen LogP contribution in [0.2, 0.25) is 0 Å². The van der Waals surface area contributed by atoms with Crippen LogP contribution in [0.5, 0.6) is 0 Å². The fourth-order valence-corrected chi connectivity index (χ4v) is 2.47. The third kappa shape index (κ3) is 5.93. The van der Waals surface area contributed by atoms with Crippen LogP contribution in [0.4, 0.5) is 0 Å². The molecule has 0 N–H and O–H groups in total. The molecular weight excluding hydrogens is 164 g/mol. The van der Waals surface area contributed by atoms with Crippen molar-refractivity contribution in [3.05, 3.63) is 0 Å². The van der Waals surface area contributed by atoms with Crippen molar-refractivity contribution in [2.75, 3.05) is 5.75 Å². The van der Waals surface area contributed by atoms with Crippen molar-refractivity contribution in [2.45, 2.75) is 52.7 Å². The van der Waals surface area contributed by atoms with Crippen molar-refractivity contribution >= 4 is 11.8 Å². The number of rotatable bonds is 4. The maximum absolute atomic E-state index is 2.33. The molecule has 0 bridgehead atoms. The molecule has 0 aromatic heterocycles. The molecule has 1 unspecified atom stereocenters. The van der Waals surface area contributed by atoms with Gasteiger partial charge in [0.15, 0.2) is 0 Å². The van der Waals surface area contributed by atoms with Gasteiger partial charge in [0.1, 0.15) is 0 Å². The summed E-state index contributed by atoms with van der Waals surface area (Å²) in [6, 6.07) is 0. The standard InChI is InChI=1S/C11H24S/c1-7-10(9(2)3)8-12-11(4,5)6/h9-10H,7-8H2,1-6H3. The van der Waals surface area contributed by atoms with Crippen molar-refractivity contribution < 1.29 is 0 Å². The van der Waals surface area contributed by atoms with Crippen LogP contribution >= 0.6 is 11.8 Å². The SMILES string of the molecule is CCC(CSC(C)(C)C)C(C)C. The second kappa shape index (κ2) is 5.16. The van der Waals surface area contributed by atoms with Crippen molar-refractivity contribution in [3.8, 4) is 0 Å². The zero-order valence-electron chi connectivity index (χ0n) is 9.48. The smallest absolute Gasteiger partial charge is 0.00752 e. The number of thioether (sulfide) groups is 1. The van der Waals surface area contributed by atoms with E-state index in [1.807, 2.05) is 0 Å². The summed E-state index contributed by atoms with van der Waals surface area (Å²) in [7, 11) is 0. The average Bonchev–Trinajstić information content (AvgIpc) is 1.85. The summed E-state index contributed by atoms with van der Waals surface area (Å²) >= 11 is 2.09. The van der Waals surface area contributed by atoms with Crippen LogP contribution in [0.3, 0.4) is 0 Å². The molecule has 0 aromatic rings. The molecule has 74 valence electrons. The summed E-state index contributed by atoms with van der Waals surface area (Å²) in [6.45, 7) is 13.8. The molecule has 0 aromatic carbocycles. The van der Waals surface area contributed by atoms with Gasteiger partial charge < -0.3 is 0 Å². The average molecular weight is 188 g/mol. The lowest BCUT2D eigenvalue weighted by molar-refractivity contribution is 0.414. The molecule has 1 heteroatoms. The third-order valence-electron chi connectivity index (χ3n) is 2.20. The number of hydrogen-bond donors (Lipinski definition) is 0. The summed E-state index contributed by atoms with van der Waals surface area (Å²) < 4.78 is 0.433. The Hall–Kier alpha value is 0.350. The summed E-state index contributed by atoms with van der Waals surface area (Å²) in [5, 5.41) is 0. The first-order chi connectivity index (χ1) is 5.37. The molecule has 0 heterocycles. The zero-order valence-corrected chi connectivity index (χ0v) is 10.3. The van der Waals surface area contributed by atoms with Gasteiger partial charge in [0.25, 0.3) is 0 Å². The van der Waals surface area contributed by atoms with Gasteiger partial charge in [0, 0.05) is 4.75 Å². The Morgan fingerprint density at radius 1 is 1.17 bits per heavy atom. The van der Waals surface area contributed by atoms with E-state index in [-0.39, 0.29) is 0 Å². The lowest BCUT2D eigenvalue weighted by atomic mass is 9.96. The first-order valence-electron chi connectivity index (χ1n) is 5.00. The van der Waals surface area contributed by atoms with Crippen LogP contribution in [-0.2, 0) is 0 Å². The Bertz CT molecular complexity index is 111. The van der Waals surface area contributed by atoms with E-state index in [2.05, 4.69) is 53.3 Å². The van der Waals surface area contributed by atoms with Crippen molar-refractivity contribution in [3.63, 3.8) is 0 Å². The molecule has 0 rings (SSSR count). The Kier molecular flexibility index (Phi) is 5.31. The zero-order chi connectivity index (χ0) is 9.78. The molecule has 0 radical (unpaired) electrons. The van der Waals surface area contributed by atoms with Crippen LogP contribution < -0.4 is 0 Å². The van der Waals surface area contributed by atoms with Gasteiger partial charge in [-0.05, 0) is 17.6 Å². The Morgan fingerprint density at radius 3 is 1.92 bits per heavy atom. The second-order valence-electron chi connectivity index (χ2n) is 4.84. The van der Waals surface area contributed by atoms with Gasteiger partial charge in [0.05, 0.1) is 0 Å².